The summed E-state index contributed by atoms with van der Waals surface area (Å²) in [6.45, 7) is 0. The molecule has 0 spiro atoms. The fourth-order valence-corrected chi connectivity index (χ4v) is 3.91. The average molecular weight is 490 g/mol. The van der Waals surface area contributed by atoms with Gasteiger partial charge in [-0.05, 0) is 42.5 Å². The largest absolute Gasteiger partial charge is 0.439 e. The van der Waals surface area contributed by atoms with E-state index in [0.29, 0.717) is 16.7 Å². The van der Waals surface area contributed by atoms with Crippen molar-refractivity contribution in [3.05, 3.63) is 78.4 Å². The Labute approximate surface area is 191 Å². The number of hydrogen-bond acceptors (Lipinski definition) is 6. The van der Waals surface area contributed by atoms with Crippen molar-refractivity contribution in [2.45, 2.75) is 11.9 Å². The van der Waals surface area contributed by atoms with Crippen LogP contribution in [0.3, 0.4) is 0 Å². The second-order valence-electron chi connectivity index (χ2n) is 7.43. The summed E-state index contributed by atoms with van der Waals surface area (Å²) < 4.78 is 68.6. The van der Waals surface area contributed by atoms with Crippen molar-refractivity contribution in [3.63, 3.8) is 0 Å². The number of nitrogens with one attached hydrogen (secondary N) is 1. The van der Waals surface area contributed by atoms with Crippen LogP contribution in [0.25, 0.3) is 10.9 Å². The first-order valence-electron chi connectivity index (χ1n) is 9.74. The molecule has 4 aromatic rings. The van der Waals surface area contributed by atoms with E-state index >= 15 is 0 Å². The summed E-state index contributed by atoms with van der Waals surface area (Å²) in [6, 6.07) is 11.6. The number of anilines is 1. The van der Waals surface area contributed by atoms with Gasteiger partial charge in [-0.2, -0.15) is 13.2 Å². The van der Waals surface area contributed by atoms with E-state index in [9.17, 15) is 26.4 Å². The Morgan fingerprint density at radius 1 is 1.09 bits per heavy atom. The summed E-state index contributed by atoms with van der Waals surface area (Å²) in [5.41, 5.74) is -0.0765. The summed E-state index contributed by atoms with van der Waals surface area (Å²) in [5.74, 6) is 0.275. The number of benzene rings is 2. The van der Waals surface area contributed by atoms with Crippen LogP contribution < -0.4 is 10.1 Å². The quantitative estimate of drug-likeness (QED) is 0.428. The van der Waals surface area contributed by atoms with Gasteiger partial charge in [-0.3, -0.25) is 4.57 Å². The summed E-state index contributed by atoms with van der Waals surface area (Å²) in [4.78, 5) is 20.5. The number of hydrogen-bond donors (Lipinski definition) is 1. The third-order valence-electron chi connectivity index (χ3n) is 4.65. The van der Waals surface area contributed by atoms with Gasteiger partial charge in [0.05, 0.1) is 22.5 Å². The molecule has 0 fully saturated rings. The second-order valence-corrected chi connectivity index (χ2v) is 9.57. The van der Waals surface area contributed by atoms with Crippen LogP contribution in [0.2, 0.25) is 0 Å². The number of amides is 1. The number of carbonyl (C=O) groups is 1. The maximum atomic E-state index is 12.9. The summed E-state index contributed by atoms with van der Waals surface area (Å²) in [5, 5.41) is 3.08. The highest BCUT2D eigenvalue weighted by Crippen LogP contribution is 2.31. The van der Waals surface area contributed by atoms with Gasteiger partial charge >= 0.3 is 12.2 Å². The van der Waals surface area contributed by atoms with Gasteiger partial charge in [0.15, 0.2) is 9.84 Å². The Bertz CT molecular complexity index is 1480. The van der Waals surface area contributed by atoms with Crippen molar-refractivity contribution < 1.29 is 31.1 Å². The highest BCUT2D eigenvalue weighted by atomic mass is 32.2. The van der Waals surface area contributed by atoms with Crippen molar-refractivity contribution in [1.82, 2.24) is 14.5 Å². The van der Waals surface area contributed by atoms with E-state index in [2.05, 4.69) is 15.3 Å². The molecule has 12 heteroatoms. The number of carbonyl (C=O) groups excluding carboxylic acids is 1. The SMILES string of the molecule is CS(=O)(=O)Cc1cc(Oc2ccc3c(ccn3C(=O)Nc3cccc(C(F)(F)F)c3)c2)ncn1. The Balaban J connectivity index is 1.53. The third-order valence-corrected chi connectivity index (χ3v) is 5.47. The van der Waals surface area contributed by atoms with Gasteiger partial charge in [0.2, 0.25) is 5.88 Å². The van der Waals surface area contributed by atoms with Crippen LogP contribution in [0.4, 0.5) is 23.7 Å². The van der Waals surface area contributed by atoms with E-state index in [4.69, 9.17) is 4.74 Å². The molecular formula is C22H17F3N4O4S. The molecule has 0 radical (unpaired) electrons. The van der Waals surface area contributed by atoms with E-state index in [1.54, 1.807) is 24.3 Å². The Morgan fingerprint density at radius 2 is 1.88 bits per heavy atom. The smallest absolute Gasteiger partial charge is 0.416 e. The summed E-state index contributed by atoms with van der Waals surface area (Å²) in [7, 11) is -3.28. The fraction of sp³-hybridized carbons (Fsp3) is 0.136. The van der Waals surface area contributed by atoms with Crippen molar-refractivity contribution >= 4 is 32.5 Å². The average Bonchev–Trinajstić information content (AvgIpc) is 3.16. The number of nitrogens with zero attached hydrogens (tertiary/aromatic N) is 3. The molecule has 176 valence electrons. The zero-order chi connectivity index (χ0) is 24.5. The lowest BCUT2D eigenvalue weighted by Crippen LogP contribution is -2.18. The highest BCUT2D eigenvalue weighted by molar-refractivity contribution is 7.89. The normalized spacial score (nSPS) is 12.0. The van der Waals surface area contributed by atoms with Crippen LogP contribution in [0.15, 0.2) is 67.1 Å². The molecule has 0 aliphatic rings. The van der Waals surface area contributed by atoms with Crippen molar-refractivity contribution in [2.24, 2.45) is 0 Å². The molecule has 0 unspecified atom stereocenters. The summed E-state index contributed by atoms with van der Waals surface area (Å²) >= 11 is 0. The lowest BCUT2D eigenvalue weighted by atomic mass is 10.2. The zero-order valence-electron chi connectivity index (χ0n) is 17.6. The number of alkyl halides is 3. The zero-order valence-corrected chi connectivity index (χ0v) is 18.4. The van der Waals surface area contributed by atoms with Gasteiger partial charge < -0.3 is 10.1 Å². The molecule has 8 nitrogen and oxygen atoms in total. The predicted molar refractivity (Wildman–Crippen MR) is 118 cm³/mol. The van der Waals surface area contributed by atoms with E-state index in [1.807, 2.05) is 0 Å². The highest BCUT2D eigenvalue weighted by Gasteiger charge is 2.30. The van der Waals surface area contributed by atoms with Crippen LogP contribution in [-0.2, 0) is 21.8 Å². The van der Waals surface area contributed by atoms with Crippen molar-refractivity contribution in [3.8, 4) is 11.6 Å². The third kappa shape index (κ3) is 5.52. The van der Waals surface area contributed by atoms with E-state index in [-0.39, 0.29) is 23.0 Å². The Morgan fingerprint density at radius 3 is 2.62 bits per heavy atom. The fourth-order valence-electron chi connectivity index (χ4n) is 3.22. The van der Waals surface area contributed by atoms with Gasteiger partial charge in [0, 0.05) is 29.6 Å². The van der Waals surface area contributed by atoms with Crippen molar-refractivity contribution in [1.29, 1.82) is 0 Å². The van der Waals surface area contributed by atoms with Crippen LogP contribution in [0.5, 0.6) is 11.6 Å². The molecule has 4 rings (SSSR count). The molecule has 0 atom stereocenters. The van der Waals surface area contributed by atoms with E-state index < -0.39 is 27.6 Å². The lowest BCUT2D eigenvalue weighted by Gasteiger charge is -2.11. The molecule has 0 saturated carbocycles. The van der Waals surface area contributed by atoms with Gasteiger partial charge in [0.25, 0.3) is 0 Å². The van der Waals surface area contributed by atoms with Crippen LogP contribution in [-0.4, -0.2) is 35.2 Å². The Kier molecular flexibility index (Phi) is 6.00. The minimum atomic E-state index is -4.52. The van der Waals surface area contributed by atoms with Gasteiger partial charge in [0.1, 0.15) is 12.1 Å². The molecule has 0 aliphatic heterocycles. The van der Waals surface area contributed by atoms with E-state index in [1.165, 1.54) is 35.3 Å². The standard InChI is InChI=1S/C22H17F3N4O4S/c1-34(31,32)12-17-11-20(27-13-26-17)33-18-5-6-19-14(9-18)7-8-29(19)21(30)28-16-4-2-3-15(10-16)22(23,24)25/h2-11,13H,12H2,1H3,(H,28,30). The maximum absolute atomic E-state index is 12.9. The molecule has 2 aromatic heterocycles. The number of halogens is 3. The topological polar surface area (TPSA) is 103 Å². The van der Waals surface area contributed by atoms with Crippen molar-refractivity contribution in [2.75, 3.05) is 11.6 Å². The molecule has 0 aliphatic carbocycles. The molecule has 1 amide bonds. The van der Waals surface area contributed by atoms with Crippen LogP contribution >= 0.6 is 0 Å². The number of rotatable bonds is 5. The minimum absolute atomic E-state index is 0.00953. The molecule has 0 bridgehead atoms. The van der Waals surface area contributed by atoms with E-state index in [0.717, 1.165) is 18.4 Å². The number of sulfone groups is 1. The van der Waals surface area contributed by atoms with Gasteiger partial charge in [-0.1, -0.05) is 6.07 Å². The monoisotopic (exact) mass is 490 g/mol. The van der Waals surface area contributed by atoms with Crippen LogP contribution in [0, 0.1) is 0 Å². The second kappa shape index (κ2) is 8.78. The van der Waals surface area contributed by atoms with Gasteiger partial charge in [-0.15, -0.1) is 0 Å². The molecular weight excluding hydrogens is 473 g/mol. The molecule has 1 N–H and O–H groups in total. The lowest BCUT2D eigenvalue weighted by molar-refractivity contribution is -0.137. The number of fused-ring (bicyclic) bond motifs is 1. The number of aromatic nitrogens is 3. The first kappa shape index (κ1) is 23.2. The molecule has 34 heavy (non-hydrogen) atoms. The molecule has 2 aromatic carbocycles. The predicted octanol–water partition coefficient (Wildman–Crippen LogP) is 4.87. The van der Waals surface area contributed by atoms with Crippen LogP contribution in [0.1, 0.15) is 11.3 Å². The Hall–Kier alpha value is -3.93. The molecule has 0 saturated heterocycles. The number of ether oxygens (including phenoxy) is 1. The maximum Gasteiger partial charge on any atom is 0.416 e. The first-order valence-corrected chi connectivity index (χ1v) is 11.8. The van der Waals surface area contributed by atoms with Gasteiger partial charge in [-0.25, -0.2) is 23.2 Å². The first-order chi connectivity index (χ1) is 16.0. The summed E-state index contributed by atoms with van der Waals surface area (Å²) in [6.07, 6.45) is -0.751. The minimum Gasteiger partial charge on any atom is -0.439 e. The molecule has 2 heterocycles.